The lowest BCUT2D eigenvalue weighted by atomic mass is 10.2. The maximum atomic E-state index is 14.4. The molecule has 0 aromatic heterocycles. The summed E-state index contributed by atoms with van der Waals surface area (Å²) in [4.78, 5) is 12.4. The third kappa shape index (κ3) is 5.55. The summed E-state index contributed by atoms with van der Waals surface area (Å²) in [7, 11) is 1.26. The number of methoxy groups -OCH3 is 1. The smallest absolute Gasteiger partial charge is 0.218 e. The fourth-order valence-electron chi connectivity index (χ4n) is 2.41. The lowest BCUT2D eigenvalue weighted by molar-refractivity contribution is -0.107. The van der Waals surface area contributed by atoms with Gasteiger partial charge in [0, 0.05) is 23.9 Å². The van der Waals surface area contributed by atoms with E-state index in [1.807, 2.05) is 0 Å². The summed E-state index contributed by atoms with van der Waals surface area (Å²) in [5.41, 5.74) is -0.115. The van der Waals surface area contributed by atoms with Crippen LogP contribution in [0, 0.1) is 28.8 Å². The van der Waals surface area contributed by atoms with Crippen molar-refractivity contribution in [1.82, 2.24) is 0 Å². The Morgan fingerprint density at radius 1 is 1.23 bits per heavy atom. The second-order valence-electron chi connectivity index (χ2n) is 5.87. The summed E-state index contributed by atoms with van der Waals surface area (Å²) >= 11 is 5.99. The van der Waals surface area contributed by atoms with E-state index in [1.54, 1.807) is 6.07 Å². The number of nitriles is 1. The lowest BCUT2D eigenvalue weighted by Gasteiger charge is -2.18. The van der Waals surface area contributed by atoms with Crippen molar-refractivity contribution in [2.75, 3.05) is 12.0 Å². The number of benzene rings is 2. The zero-order chi connectivity index (χ0) is 22.3. The van der Waals surface area contributed by atoms with E-state index < -0.39 is 17.5 Å². The standard InChI is InChI=1S/C21H16ClF3N2O3/c1-13(22)19(30-11-15-3-4-16(23)9-17(15)24)5-6-27(12-28)21-18(25)7-14(10-26)8-20(21)29-2/h3-9,12H,11H2,1-2H3/b6-5-,19-13-. The number of hydrogen-bond acceptors (Lipinski definition) is 4. The summed E-state index contributed by atoms with van der Waals surface area (Å²) in [6.45, 7) is 1.24. The molecule has 0 aliphatic heterocycles. The van der Waals surface area contributed by atoms with Crippen LogP contribution < -0.4 is 9.64 Å². The molecule has 0 fully saturated rings. The number of allylic oxidation sites excluding steroid dienone is 2. The van der Waals surface area contributed by atoms with Gasteiger partial charge in [0.05, 0.1) is 23.8 Å². The van der Waals surface area contributed by atoms with E-state index in [-0.39, 0.29) is 40.0 Å². The first-order valence-electron chi connectivity index (χ1n) is 8.43. The molecular weight excluding hydrogens is 421 g/mol. The molecule has 2 rings (SSSR count). The van der Waals surface area contributed by atoms with E-state index >= 15 is 0 Å². The first kappa shape index (κ1) is 22.8. The first-order valence-corrected chi connectivity index (χ1v) is 8.81. The normalized spacial score (nSPS) is 11.6. The first-order chi connectivity index (χ1) is 14.3. The maximum Gasteiger partial charge on any atom is 0.218 e. The van der Waals surface area contributed by atoms with Crippen molar-refractivity contribution >= 4 is 23.7 Å². The van der Waals surface area contributed by atoms with Crippen molar-refractivity contribution in [1.29, 1.82) is 5.26 Å². The van der Waals surface area contributed by atoms with Crippen molar-refractivity contribution in [3.63, 3.8) is 0 Å². The lowest BCUT2D eigenvalue weighted by Crippen LogP contribution is -2.16. The van der Waals surface area contributed by atoms with E-state index in [1.165, 1.54) is 38.4 Å². The molecule has 9 heteroatoms. The van der Waals surface area contributed by atoms with Crippen LogP contribution in [0.1, 0.15) is 18.1 Å². The zero-order valence-corrected chi connectivity index (χ0v) is 16.7. The van der Waals surface area contributed by atoms with Gasteiger partial charge in [-0.15, -0.1) is 0 Å². The highest BCUT2D eigenvalue weighted by Crippen LogP contribution is 2.32. The van der Waals surface area contributed by atoms with Gasteiger partial charge in [-0.2, -0.15) is 5.26 Å². The summed E-state index contributed by atoms with van der Waals surface area (Å²) in [5.74, 6) is -2.33. The topological polar surface area (TPSA) is 62.6 Å². The van der Waals surface area contributed by atoms with Gasteiger partial charge in [0.25, 0.3) is 0 Å². The summed E-state index contributed by atoms with van der Waals surface area (Å²) in [5, 5.41) is 9.11. The predicted octanol–water partition coefficient (Wildman–Crippen LogP) is 5.15. The Balaban J connectivity index is 2.28. The molecule has 30 heavy (non-hydrogen) atoms. The Labute approximate surface area is 176 Å². The SMILES string of the molecule is COc1cc(C#N)cc(F)c1N(C=O)/C=C\C(OCc1ccc(F)cc1F)=C(/C)Cl. The van der Waals surface area contributed by atoms with E-state index in [0.717, 1.165) is 23.1 Å². The Bertz CT molecular complexity index is 1040. The van der Waals surface area contributed by atoms with Gasteiger partial charge >= 0.3 is 0 Å². The molecule has 156 valence electrons. The minimum absolute atomic E-state index is 0.0183. The molecule has 0 saturated carbocycles. The van der Waals surface area contributed by atoms with Crippen LogP contribution in [0.4, 0.5) is 18.9 Å². The average molecular weight is 437 g/mol. The highest BCUT2D eigenvalue weighted by atomic mass is 35.5. The quantitative estimate of drug-likeness (QED) is 0.326. The minimum atomic E-state index is -0.856. The zero-order valence-electron chi connectivity index (χ0n) is 16.0. The Hall–Kier alpha value is -3.44. The van der Waals surface area contributed by atoms with E-state index in [4.69, 9.17) is 26.3 Å². The highest BCUT2D eigenvalue weighted by molar-refractivity contribution is 6.29. The van der Waals surface area contributed by atoms with Gasteiger partial charge in [0.2, 0.25) is 6.41 Å². The van der Waals surface area contributed by atoms with Crippen LogP contribution >= 0.6 is 11.6 Å². The number of rotatable bonds is 8. The maximum absolute atomic E-state index is 14.4. The molecule has 0 unspecified atom stereocenters. The van der Waals surface area contributed by atoms with Crippen molar-refractivity contribution in [3.05, 3.63) is 82.0 Å². The third-order valence-corrected chi connectivity index (χ3v) is 4.06. The minimum Gasteiger partial charge on any atom is -0.494 e. The molecule has 0 bridgehead atoms. The predicted molar refractivity (Wildman–Crippen MR) is 105 cm³/mol. The molecule has 0 radical (unpaired) electrons. The molecule has 0 aliphatic rings. The summed E-state index contributed by atoms with van der Waals surface area (Å²) < 4.78 is 51.7. The molecule has 0 heterocycles. The van der Waals surface area contributed by atoms with Gasteiger partial charge in [0.1, 0.15) is 35.4 Å². The molecule has 2 aromatic carbocycles. The Kier molecular flexibility index (Phi) is 7.90. The van der Waals surface area contributed by atoms with Crippen LogP contribution in [-0.4, -0.2) is 13.5 Å². The molecule has 2 aromatic rings. The van der Waals surface area contributed by atoms with Gasteiger partial charge < -0.3 is 9.47 Å². The fourth-order valence-corrected chi connectivity index (χ4v) is 2.53. The van der Waals surface area contributed by atoms with Crippen molar-refractivity contribution < 1.29 is 27.4 Å². The number of anilines is 1. The molecule has 0 aliphatic carbocycles. The van der Waals surface area contributed by atoms with Crippen LogP contribution in [0.5, 0.6) is 5.75 Å². The monoisotopic (exact) mass is 436 g/mol. The summed E-state index contributed by atoms with van der Waals surface area (Å²) in [6, 6.07) is 7.06. The molecule has 0 saturated heterocycles. The van der Waals surface area contributed by atoms with Crippen LogP contribution in [-0.2, 0) is 16.1 Å². The number of carbonyl (C=O) groups excluding carboxylic acids is 1. The molecule has 0 spiro atoms. The van der Waals surface area contributed by atoms with E-state index in [2.05, 4.69) is 0 Å². The van der Waals surface area contributed by atoms with Crippen LogP contribution in [0.3, 0.4) is 0 Å². The van der Waals surface area contributed by atoms with Gasteiger partial charge in [-0.05, 0) is 31.2 Å². The largest absolute Gasteiger partial charge is 0.494 e. The van der Waals surface area contributed by atoms with Gasteiger partial charge in [0.15, 0.2) is 5.82 Å². The van der Waals surface area contributed by atoms with Crippen molar-refractivity contribution in [2.45, 2.75) is 13.5 Å². The van der Waals surface area contributed by atoms with E-state index in [0.29, 0.717) is 6.41 Å². The number of amides is 1. The number of carbonyl (C=O) groups is 1. The third-order valence-electron chi connectivity index (χ3n) is 3.87. The molecule has 0 N–H and O–H groups in total. The molecule has 5 nitrogen and oxygen atoms in total. The van der Waals surface area contributed by atoms with Gasteiger partial charge in [-0.25, -0.2) is 13.2 Å². The van der Waals surface area contributed by atoms with Crippen molar-refractivity contribution in [2.24, 2.45) is 0 Å². The second-order valence-corrected chi connectivity index (χ2v) is 6.44. The number of hydrogen-bond donors (Lipinski definition) is 0. The fraction of sp³-hybridized carbons (Fsp3) is 0.143. The Morgan fingerprint density at radius 2 is 1.97 bits per heavy atom. The van der Waals surface area contributed by atoms with Crippen LogP contribution in [0.15, 0.2) is 53.4 Å². The number of halogens is 4. The van der Waals surface area contributed by atoms with Crippen molar-refractivity contribution in [3.8, 4) is 11.8 Å². The molecule has 0 atom stereocenters. The molecular formula is C21H16ClF3N2O3. The molecule has 1 amide bonds. The van der Waals surface area contributed by atoms with E-state index in [9.17, 15) is 18.0 Å². The highest BCUT2D eigenvalue weighted by Gasteiger charge is 2.17. The summed E-state index contributed by atoms with van der Waals surface area (Å²) in [6.07, 6.45) is 2.77. The van der Waals surface area contributed by atoms with Gasteiger partial charge in [-0.3, -0.25) is 9.69 Å². The second kappa shape index (κ2) is 10.4. The average Bonchev–Trinajstić information content (AvgIpc) is 2.71. The van der Waals surface area contributed by atoms with Gasteiger partial charge in [-0.1, -0.05) is 11.6 Å². The van der Waals surface area contributed by atoms with Crippen LogP contribution in [0.2, 0.25) is 0 Å². The number of nitrogens with zero attached hydrogens (tertiary/aromatic N) is 2. The van der Waals surface area contributed by atoms with Crippen LogP contribution in [0.25, 0.3) is 0 Å². The Morgan fingerprint density at radius 3 is 2.53 bits per heavy atom. The number of ether oxygens (including phenoxy) is 2.